The number of rotatable bonds is 3. The van der Waals surface area contributed by atoms with Gasteiger partial charge in [0, 0.05) is 36.0 Å². The van der Waals surface area contributed by atoms with Gasteiger partial charge in [0.1, 0.15) is 5.75 Å². The number of aromatic nitrogens is 1. The molecule has 1 aliphatic rings. The maximum absolute atomic E-state index is 5.59. The van der Waals surface area contributed by atoms with Crippen LogP contribution in [0.15, 0.2) is 42.6 Å². The Bertz CT molecular complexity index is 604. The van der Waals surface area contributed by atoms with E-state index in [4.69, 9.17) is 9.47 Å². The summed E-state index contributed by atoms with van der Waals surface area (Å²) < 4.78 is 11.1. The Kier molecular flexibility index (Phi) is 3.93. The molecule has 0 N–H and O–H groups in total. The van der Waals surface area contributed by atoms with E-state index in [1.54, 1.807) is 7.11 Å². The van der Waals surface area contributed by atoms with Gasteiger partial charge in [-0.15, -0.1) is 0 Å². The number of benzene rings is 1. The molecule has 1 saturated heterocycles. The predicted molar refractivity (Wildman–Crippen MR) is 83.6 cm³/mol. The molecule has 0 amide bonds. The van der Waals surface area contributed by atoms with E-state index in [9.17, 15) is 0 Å². The molecule has 21 heavy (non-hydrogen) atoms. The summed E-state index contributed by atoms with van der Waals surface area (Å²) in [6.07, 6.45) is 3.87. The molecule has 0 atom stereocenters. The summed E-state index contributed by atoms with van der Waals surface area (Å²) in [5, 5.41) is 0. The fourth-order valence-corrected chi connectivity index (χ4v) is 2.96. The average molecular weight is 283 g/mol. The van der Waals surface area contributed by atoms with Crippen LogP contribution in [0.5, 0.6) is 5.75 Å². The van der Waals surface area contributed by atoms with Crippen LogP contribution >= 0.6 is 0 Å². The Morgan fingerprint density at radius 1 is 1.14 bits per heavy atom. The quantitative estimate of drug-likeness (QED) is 0.858. The van der Waals surface area contributed by atoms with Crippen molar-refractivity contribution < 1.29 is 9.47 Å². The van der Waals surface area contributed by atoms with Crippen LogP contribution in [0.4, 0.5) is 0 Å². The van der Waals surface area contributed by atoms with Crippen LogP contribution in [0.25, 0.3) is 11.3 Å². The number of pyridine rings is 1. The second kappa shape index (κ2) is 5.86. The molecule has 0 unspecified atom stereocenters. The van der Waals surface area contributed by atoms with E-state index in [1.807, 2.05) is 24.4 Å². The zero-order valence-electron chi connectivity index (χ0n) is 12.6. The van der Waals surface area contributed by atoms with E-state index in [0.29, 0.717) is 0 Å². The van der Waals surface area contributed by atoms with Crippen molar-refractivity contribution in [3.8, 4) is 17.0 Å². The number of hydrogen-bond acceptors (Lipinski definition) is 3. The van der Waals surface area contributed by atoms with Gasteiger partial charge in [-0.25, -0.2) is 0 Å². The molecular weight excluding hydrogens is 262 g/mol. The first kappa shape index (κ1) is 14.1. The maximum Gasteiger partial charge on any atom is 0.122 e. The van der Waals surface area contributed by atoms with E-state index >= 15 is 0 Å². The smallest absolute Gasteiger partial charge is 0.122 e. The molecule has 3 rings (SSSR count). The molecule has 3 heteroatoms. The second-order valence-corrected chi connectivity index (χ2v) is 5.80. The third kappa shape index (κ3) is 2.79. The van der Waals surface area contributed by atoms with Gasteiger partial charge >= 0.3 is 0 Å². The van der Waals surface area contributed by atoms with E-state index in [2.05, 4.69) is 30.1 Å². The minimum Gasteiger partial charge on any atom is -0.496 e. The van der Waals surface area contributed by atoms with Crippen LogP contribution in [0, 0.1) is 0 Å². The monoisotopic (exact) mass is 283 g/mol. The number of hydrogen-bond donors (Lipinski definition) is 0. The summed E-state index contributed by atoms with van der Waals surface area (Å²) in [5.74, 6) is 0.957. The third-order valence-corrected chi connectivity index (χ3v) is 4.41. The standard InChI is InChI=1S/C18H21NO2/c1-18(8-11-21-12-9-18)15-13-14(6-7-17(15)20-2)16-5-3-4-10-19-16/h3-7,10,13H,8-9,11-12H2,1-2H3. The average Bonchev–Trinajstić information content (AvgIpc) is 2.56. The van der Waals surface area contributed by atoms with Crippen LogP contribution in [-0.4, -0.2) is 25.3 Å². The molecule has 0 radical (unpaired) electrons. The minimum atomic E-state index is 0.106. The highest BCUT2D eigenvalue weighted by molar-refractivity contribution is 5.63. The molecule has 2 heterocycles. The Morgan fingerprint density at radius 2 is 1.95 bits per heavy atom. The summed E-state index contributed by atoms with van der Waals surface area (Å²) >= 11 is 0. The van der Waals surface area contributed by atoms with Gasteiger partial charge in [0.15, 0.2) is 0 Å². The Morgan fingerprint density at radius 3 is 2.62 bits per heavy atom. The fourth-order valence-electron chi connectivity index (χ4n) is 2.96. The van der Waals surface area contributed by atoms with Gasteiger partial charge in [-0.1, -0.05) is 13.0 Å². The Balaban J connectivity index is 2.05. The highest BCUT2D eigenvalue weighted by Gasteiger charge is 2.32. The van der Waals surface area contributed by atoms with Gasteiger partial charge in [0.25, 0.3) is 0 Å². The van der Waals surface area contributed by atoms with Gasteiger partial charge in [-0.05, 0) is 43.2 Å². The highest BCUT2D eigenvalue weighted by atomic mass is 16.5. The van der Waals surface area contributed by atoms with Crippen LogP contribution < -0.4 is 4.74 Å². The van der Waals surface area contributed by atoms with Crippen molar-refractivity contribution in [2.24, 2.45) is 0 Å². The number of nitrogens with zero attached hydrogens (tertiary/aromatic N) is 1. The van der Waals surface area contributed by atoms with Gasteiger partial charge < -0.3 is 9.47 Å². The van der Waals surface area contributed by atoms with Crippen molar-refractivity contribution in [1.29, 1.82) is 0 Å². The normalized spacial score (nSPS) is 17.4. The van der Waals surface area contributed by atoms with Gasteiger partial charge in [0.05, 0.1) is 12.8 Å². The van der Waals surface area contributed by atoms with E-state index in [-0.39, 0.29) is 5.41 Å². The van der Waals surface area contributed by atoms with Gasteiger partial charge in [0.2, 0.25) is 0 Å². The highest BCUT2D eigenvalue weighted by Crippen LogP contribution is 2.41. The lowest BCUT2D eigenvalue weighted by atomic mass is 9.75. The Hall–Kier alpha value is -1.87. The topological polar surface area (TPSA) is 31.4 Å². The van der Waals surface area contributed by atoms with Gasteiger partial charge in [-0.3, -0.25) is 4.98 Å². The molecule has 0 spiro atoms. The van der Waals surface area contributed by atoms with Gasteiger partial charge in [-0.2, -0.15) is 0 Å². The molecule has 1 aliphatic heterocycles. The molecule has 0 aliphatic carbocycles. The van der Waals surface area contributed by atoms with Crippen molar-refractivity contribution in [3.05, 3.63) is 48.2 Å². The van der Waals surface area contributed by atoms with Crippen molar-refractivity contribution >= 4 is 0 Å². The number of methoxy groups -OCH3 is 1. The van der Waals surface area contributed by atoms with E-state index in [0.717, 1.165) is 43.1 Å². The lowest BCUT2D eigenvalue weighted by Crippen LogP contribution is -2.31. The molecule has 1 fully saturated rings. The first-order chi connectivity index (χ1) is 10.2. The second-order valence-electron chi connectivity index (χ2n) is 5.80. The van der Waals surface area contributed by atoms with Crippen LogP contribution in [0.2, 0.25) is 0 Å². The van der Waals surface area contributed by atoms with Crippen molar-refractivity contribution in [1.82, 2.24) is 4.98 Å². The van der Waals surface area contributed by atoms with Crippen LogP contribution in [0.1, 0.15) is 25.3 Å². The summed E-state index contributed by atoms with van der Waals surface area (Å²) in [6, 6.07) is 12.4. The predicted octanol–water partition coefficient (Wildman–Crippen LogP) is 3.83. The molecular formula is C18H21NO2. The third-order valence-electron chi connectivity index (χ3n) is 4.41. The van der Waals surface area contributed by atoms with E-state index in [1.165, 1.54) is 5.56 Å². The molecule has 110 valence electrons. The van der Waals surface area contributed by atoms with Crippen molar-refractivity contribution in [2.45, 2.75) is 25.2 Å². The molecule has 2 aromatic rings. The lowest BCUT2D eigenvalue weighted by molar-refractivity contribution is 0.0556. The zero-order chi connectivity index (χ0) is 14.7. The first-order valence-electron chi connectivity index (χ1n) is 7.41. The Labute approximate surface area is 125 Å². The molecule has 1 aromatic heterocycles. The van der Waals surface area contributed by atoms with Crippen LogP contribution in [-0.2, 0) is 10.2 Å². The summed E-state index contributed by atoms with van der Waals surface area (Å²) in [4.78, 5) is 4.45. The summed E-state index contributed by atoms with van der Waals surface area (Å²) in [5.41, 5.74) is 3.50. The SMILES string of the molecule is COc1ccc(-c2ccccn2)cc1C1(C)CCOCC1. The van der Waals surface area contributed by atoms with Crippen molar-refractivity contribution in [2.75, 3.05) is 20.3 Å². The lowest BCUT2D eigenvalue weighted by Gasteiger charge is -2.35. The van der Waals surface area contributed by atoms with E-state index < -0.39 is 0 Å². The number of ether oxygens (including phenoxy) is 2. The summed E-state index contributed by atoms with van der Waals surface area (Å²) in [7, 11) is 1.74. The molecule has 0 bridgehead atoms. The summed E-state index contributed by atoms with van der Waals surface area (Å²) in [6.45, 7) is 3.93. The van der Waals surface area contributed by atoms with Crippen LogP contribution in [0.3, 0.4) is 0 Å². The fraction of sp³-hybridized carbons (Fsp3) is 0.389. The first-order valence-corrected chi connectivity index (χ1v) is 7.41. The molecule has 0 saturated carbocycles. The maximum atomic E-state index is 5.59. The minimum absolute atomic E-state index is 0.106. The zero-order valence-corrected chi connectivity index (χ0v) is 12.6. The molecule has 1 aromatic carbocycles. The van der Waals surface area contributed by atoms with Crippen molar-refractivity contribution in [3.63, 3.8) is 0 Å². The molecule has 3 nitrogen and oxygen atoms in total. The largest absolute Gasteiger partial charge is 0.496 e.